The molecule has 0 radical (unpaired) electrons. The number of alkyl halides is 3. The first-order valence-electron chi connectivity index (χ1n) is 9.27. The van der Waals surface area contributed by atoms with Crippen LogP contribution < -0.4 is 10.5 Å². The third-order valence-electron chi connectivity index (χ3n) is 6.06. The highest BCUT2D eigenvalue weighted by molar-refractivity contribution is 5.84. The van der Waals surface area contributed by atoms with E-state index in [0.717, 1.165) is 18.9 Å². The third kappa shape index (κ3) is 3.51. The van der Waals surface area contributed by atoms with Gasteiger partial charge < -0.3 is 15.4 Å². The summed E-state index contributed by atoms with van der Waals surface area (Å²) in [7, 11) is 1.31. The van der Waals surface area contributed by atoms with Gasteiger partial charge in [-0.05, 0) is 43.2 Å². The fourth-order valence-electron chi connectivity index (χ4n) is 4.42. The fraction of sp³-hybridized carbons (Fsp3) is 0.684. The predicted molar refractivity (Wildman–Crippen MR) is 94.0 cm³/mol. The zero-order valence-electron chi connectivity index (χ0n) is 15.9. The average Bonchev–Trinajstić information content (AvgIpc) is 3.02. The summed E-state index contributed by atoms with van der Waals surface area (Å²) in [5.41, 5.74) is 5.66. The Labute approximate surface area is 157 Å². The van der Waals surface area contributed by atoms with Crippen molar-refractivity contribution >= 4 is 5.91 Å². The summed E-state index contributed by atoms with van der Waals surface area (Å²) in [4.78, 5) is 18.6. The van der Waals surface area contributed by atoms with Crippen molar-refractivity contribution in [2.45, 2.75) is 58.3 Å². The van der Waals surface area contributed by atoms with E-state index in [2.05, 4.69) is 4.98 Å². The van der Waals surface area contributed by atoms with Crippen molar-refractivity contribution in [3.05, 3.63) is 22.9 Å². The van der Waals surface area contributed by atoms with E-state index >= 15 is 0 Å². The second kappa shape index (κ2) is 6.96. The monoisotopic (exact) mass is 385 g/mol. The van der Waals surface area contributed by atoms with E-state index in [0.29, 0.717) is 30.5 Å². The molecule has 2 atom stereocenters. The molecule has 150 valence electrons. The van der Waals surface area contributed by atoms with Crippen LogP contribution in [0.3, 0.4) is 0 Å². The maximum absolute atomic E-state index is 13.4. The molecule has 27 heavy (non-hydrogen) atoms. The molecule has 2 N–H and O–H groups in total. The first-order valence-corrected chi connectivity index (χ1v) is 9.27. The molecule has 1 aromatic rings. The zero-order chi connectivity index (χ0) is 20.0. The molecule has 0 unspecified atom stereocenters. The molecule has 1 saturated carbocycles. The van der Waals surface area contributed by atoms with Crippen molar-refractivity contribution in [3.8, 4) is 5.88 Å². The standard InChI is InChI=1S/C19H26F3N3O2/c1-11(2)18(6-4-13(23)9-18)17(26)25-7-5-14-12(10-25)8-15(19(20,21)22)24-16(14)27-3/h8,11,13H,4-7,9-10,23H2,1-3H3/t13-,18+/m1/s1. The number of nitrogens with two attached hydrogens (primary N) is 1. The highest BCUT2D eigenvalue weighted by Crippen LogP contribution is 2.46. The van der Waals surface area contributed by atoms with E-state index < -0.39 is 17.3 Å². The Balaban J connectivity index is 1.92. The quantitative estimate of drug-likeness (QED) is 0.868. The van der Waals surface area contributed by atoms with Crippen molar-refractivity contribution < 1.29 is 22.7 Å². The largest absolute Gasteiger partial charge is 0.481 e. The van der Waals surface area contributed by atoms with Crippen LogP contribution in [0.25, 0.3) is 0 Å². The first kappa shape index (κ1) is 19.9. The molecular weight excluding hydrogens is 359 g/mol. The number of carbonyl (C=O) groups is 1. The number of hydrogen-bond acceptors (Lipinski definition) is 4. The van der Waals surface area contributed by atoms with Crippen LogP contribution in [0.15, 0.2) is 6.07 Å². The van der Waals surface area contributed by atoms with E-state index in [-0.39, 0.29) is 30.3 Å². The van der Waals surface area contributed by atoms with Gasteiger partial charge in [0.1, 0.15) is 5.69 Å². The summed E-state index contributed by atoms with van der Waals surface area (Å²) in [6.07, 6.45) is -1.99. The van der Waals surface area contributed by atoms with Crippen LogP contribution in [0.5, 0.6) is 5.88 Å². The number of amides is 1. The number of pyridine rings is 1. The van der Waals surface area contributed by atoms with Gasteiger partial charge >= 0.3 is 6.18 Å². The number of carbonyl (C=O) groups excluding carboxylic acids is 1. The van der Waals surface area contributed by atoms with E-state index in [1.807, 2.05) is 13.8 Å². The molecule has 1 aliphatic heterocycles. The number of halogens is 3. The minimum atomic E-state index is -4.56. The molecule has 0 spiro atoms. The van der Waals surface area contributed by atoms with Gasteiger partial charge in [-0.25, -0.2) is 4.98 Å². The van der Waals surface area contributed by atoms with Crippen molar-refractivity contribution in [2.75, 3.05) is 13.7 Å². The van der Waals surface area contributed by atoms with Gasteiger partial charge in [0.2, 0.25) is 11.8 Å². The van der Waals surface area contributed by atoms with E-state index in [1.165, 1.54) is 7.11 Å². The summed E-state index contributed by atoms with van der Waals surface area (Å²) in [6.45, 7) is 4.61. The minimum absolute atomic E-state index is 0.000405. The smallest absolute Gasteiger partial charge is 0.433 e. The number of aromatic nitrogens is 1. The number of fused-ring (bicyclic) bond motifs is 1. The van der Waals surface area contributed by atoms with Gasteiger partial charge in [-0.3, -0.25) is 4.79 Å². The lowest BCUT2D eigenvalue weighted by atomic mass is 9.74. The van der Waals surface area contributed by atoms with Crippen molar-refractivity contribution in [2.24, 2.45) is 17.1 Å². The first-order chi connectivity index (χ1) is 12.6. The number of ether oxygens (including phenoxy) is 1. The summed E-state index contributed by atoms with van der Waals surface area (Å²) in [6, 6.07) is 1.04. The lowest BCUT2D eigenvalue weighted by Crippen LogP contribution is -2.48. The fourth-order valence-corrected chi connectivity index (χ4v) is 4.42. The van der Waals surface area contributed by atoms with Crippen LogP contribution >= 0.6 is 0 Å². The van der Waals surface area contributed by atoms with Crippen LogP contribution in [0.1, 0.15) is 49.9 Å². The molecule has 5 nitrogen and oxygen atoms in total. The molecule has 2 heterocycles. The van der Waals surface area contributed by atoms with Gasteiger partial charge in [0.15, 0.2) is 0 Å². The summed E-state index contributed by atoms with van der Waals surface area (Å²) in [5.74, 6) is 0.117. The van der Waals surface area contributed by atoms with Gasteiger partial charge in [-0.15, -0.1) is 0 Å². The summed E-state index contributed by atoms with van der Waals surface area (Å²) in [5, 5.41) is 0. The van der Waals surface area contributed by atoms with Gasteiger partial charge in [-0.1, -0.05) is 13.8 Å². The van der Waals surface area contributed by atoms with E-state index in [4.69, 9.17) is 10.5 Å². The van der Waals surface area contributed by atoms with Crippen molar-refractivity contribution in [3.63, 3.8) is 0 Å². The Bertz CT molecular complexity index is 736. The molecule has 1 aromatic heterocycles. The van der Waals surface area contributed by atoms with E-state index in [9.17, 15) is 18.0 Å². The molecule has 1 amide bonds. The molecule has 0 saturated heterocycles. The molecule has 3 rings (SSSR count). The van der Waals surface area contributed by atoms with Crippen molar-refractivity contribution in [1.29, 1.82) is 0 Å². The number of methoxy groups -OCH3 is 1. The Hall–Kier alpha value is -1.83. The Morgan fingerprint density at radius 1 is 1.44 bits per heavy atom. The van der Waals surface area contributed by atoms with E-state index in [1.54, 1.807) is 4.90 Å². The lowest BCUT2D eigenvalue weighted by molar-refractivity contribution is -0.145. The van der Waals surface area contributed by atoms with Crippen LogP contribution in [-0.4, -0.2) is 35.5 Å². The normalized spacial score (nSPS) is 25.6. The zero-order valence-corrected chi connectivity index (χ0v) is 15.9. The second-order valence-corrected chi connectivity index (χ2v) is 7.94. The molecule has 8 heteroatoms. The highest BCUT2D eigenvalue weighted by Gasteiger charge is 2.49. The molecule has 0 aromatic carbocycles. The molecule has 0 bridgehead atoms. The topological polar surface area (TPSA) is 68.5 Å². The summed E-state index contributed by atoms with van der Waals surface area (Å²) >= 11 is 0. The lowest BCUT2D eigenvalue weighted by Gasteiger charge is -2.39. The highest BCUT2D eigenvalue weighted by atomic mass is 19.4. The molecule has 2 aliphatic rings. The van der Waals surface area contributed by atoms with Crippen molar-refractivity contribution in [1.82, 2.24) is 9.88 Å². The van der Waals surface area contributed by atoms with Gasteiger partial charge in [0.25, 0.3) is 0 Å². The Kier molecular flexibility index (Phi) is 5.14. The predicted octanol–water partition coefficient (Wildman–Crippen LogP) is 3.15. The summed E-state index contributed by atoms with van der Waals surface area (Å²) < 4.78 is 44.6. The van der Waals surface area contributed by atoms with Gasteiger partial charge in [0, 0.05) is 24.7 Å². The maximum atomic E-state index is 13.4. The molecular formula is C19H26F3N3O2. The maximum Gasteiger partial charge on any atom is 0.433 e. The SMILES string of the molecule is COc1nc(C(F)(F)F)cc2c1CCN(C(=O)[C@@]1(C(C)C)CC[C@@H](N)C1)C2. The Morgan fingerprint density at radius 3 is 2.67 bits per heavy atom. The second-order valence-electron chi connectivity index (χ2n) is 7.94. The van der Waals surface area contributed by atoms with Crippen LogP contribution in [0, 0.1) is 11.3 Å². The molecule has 1 fully saturated rings. The molecule has 1 aliphatic carbocycles. The van der Waals surface area contributed by atoms with Gasteiger partial charge in [0.05, 0.1) is 12.5 Å². The van der Waals surface area contributed by atoms with Gasteiger partial charge in [-0.2, -0.15) is 13.2 Å². The minimum Gasteiger partial charge on any atom is -0.481 e. The third-order valence-corrected chi connectivity index (χ3v) is 6.06. The number of nitrogens with zero attached hydrogens (tertiary/aromatic N) is 2. The Morgan fingerprint density at radius 2 is 2.15 bits per heavy atom. The number of hydrogen-bond donors (Lipinski definition) is 1. The van der Waals surface area contributed by atoms with Crippen LogP contribution in [-0.2, 0) is 23.9 Å². The number of rotatable bonds is 3. The van der Waals surface area contributed by atoms with Crippen LogP contribution in [0.4, 0.5) is 13.2 Å². The average molecular weight is 385 g/mol. The van der Waals surface area contributed by atoms with Crippen LogP contribution in [0.2, 0.25) is 0 Å².